The van der Waals surface area contributed by atoms with Gasteiger partial charge in [-0.05, 0) is 12.8 Å². The topological polar surface area (TPSA) is 55.5 Å². The highest BCUT2D eigenvalue weighted by molar-refractivity contribution is 6.29. The van der Waals surface area contributed by atoms with E-state index in [0.717, 1.165) is 0 Å². The average Bonchev–Trinajstić information content (AvgIpc) is 1.99. The predicted octanol–water partition coefficient (Wildman–Crippen LogP) is 1.95. The number of aliphatic imine (C=N–C) groups is 1. The lowest BCUT2D eigenvalue weighted by atomic mass is 10.4. The van der Waals surface area contributed by atoms with Crippen LogP contribution in [0.2, 0.25) is 0 Å². The first-order valence-electron chi connectivity index (χ1n) is 2.73. The van der Waals surface area contributed by atoms with Crippen LogP contribution >= 0.6 is 11.6 Å². The Bertz CT molecular complexity index is 233. The number of allylic oxidation sites excluding steroid dienone is 3. The summed E-state index contributed by atoms with van der Waals surface area (Å²) < 4.78 is 0. The second kappa shape index (κ2) is 4.62. The Balaban J connectivity index is 4.34. The first-order valence-corrected chi connectivity index (χ1v) is 3.11. The molecule has 0 aromatic carbocycles. The van der Waals surface area contributed by atoms with Crippen molar-refractivity contribution in [3.8, 4) is 0 Å². The van der Waals surface area contributed by atoms with Crippen molar-refractivity contribution in [3.05, 3.63) is 33.1 Å². The van der Waals surface area contributed by atoms with E-state index < -0.39 is 4.92 Å². The standard InChI is InChI=1S/C6H7ClN2O2/c1-5(9(10)11)3-4-6(7)8-2/h3-4H,2H2,1H3/b5-3+,6-4-. The summed E-state index contributed by atoms with van der Waals surface area (Å²) in [6.45, 7) is 4.50. The van der Waals surface area contributed by atoms with Crippen LogP contribution in [0, 0.1) is 10.1 Å². The van der Waals surface area contributed by atoms with Gasteiger partial charge >= 0.3 is 0 Å². The third-order valence-corrected chi connectivity index (χ3v) is 1.15. The van der Waals surface area contributed by atoms with Gasteiger partial charge in [-0.3, -0.25) is 15.1 Å². The van der Waals surface area contributed by atoms with Gasteiger partial charge < -0.3 is 0 Å². The van der Waals surface area contributed by atoms with E-state index in [-0.39, 0.29) is 10.9 Å². The van der Waals surface area contributed by atoms with E-state index in [0.29, 0.717) is 0 Å². The van der Waals surface area contributed by atoms with Crippen molar-refractivity contribution in [2.75, 3.05) is 0 Å². The SMILES string of the molecule is C=N/C(Cl)=C\C=C(/C)[N+](=O)[O-]. The number of nitro groups is 1. The van der Waals surface area contributed by atoms with Crippen LogP contribution in [0.3, 0.4) is 0 Å². The van der Waals surface area contributed by atoms with Gasteiger partial charge in [-0.1, -0.05) is 11.6 Å². The zero-order chi connectivity index (χ0) is 8.85. The summed E-state index contributed by atoms with van der Waals surface area (Å²) in [6, 6.07) is 0. The fourth-order valence-electron chi connectivity index (χ4n) is 0.303. The fraction of sp³-hybridized carbons (Fsp3) is 0.167. The highest BCUT2D eigenvalue weighted by Crippen LogP contribution is 2.03. The molecule has 0 spiro atoms. The minimum atomic E-state index is -0.510. The normalized spacial score (nSPS) is 12.9. The van der Waals surface area contributed by atoms with Crippen molar-refractivity contribution < 1.29 is 4.92 Å². The molecule has 0 aromatic heterocycles. The largest absolute Gasteiger partial charge is 0.259 e. The first kappa shape index (κ1) is 9.84. The summed E-state index contributed by atoms with van der Waals surface area (Å²) in [4.78, 5) is 12.8. The number of halogens is 1. The third kappa shape index (κ3) is 4.27. The molecule has 0 fully saturated rings. The van der Waals surface area contributed by atoms with E-state index in [9.17, 15) is 10.1 Å². The fourth-order valence-corrected chi connectivity index (χ4v) is 0.366. The second-order valence-electron chi connectivity index (χ2n) is 1.71. The molecule has 11 heavy (non-hydrogen) atoms. The summed E-state index contributed by atoms with van der Waals surface area (Å²) in [5, 5.41) is 10.1. The zero-order valence-corrected chi connectivity index (χ0v) is 6.71. The Morgan fingerprint density at radius 2 is 2.27 bits per heavy atom. The van der Waals surface area contributed by atoms with Gasteiger partial charge in [0.15, 0.2) is 0 Å². The van der Waals surface area contributed by atoms with Crippen molar-refractivity contribution in [2.45, 2.75) is 6.92 Å². The van der Waals surface area contributed by atoms with Gasteiger partial charge in [0, 0.05) is 13.0 Å². The van der Waals surface area contributed by atoms with Crippen molar-refractivity contribution in [1.82, 2.24) is 0 Å². The maximum atomic E-state index is 10.0. The van der Waals surface area contributed by atoms with Crippen LogP contribution in [0.1, 0.15) is 6.92 Å². The van der Waals surface area contributed by atoms with Crippen LogP contribution in [0.15, 0.2) is 28.0 Å². The zero-order valence-electron chi connectivity index (χ0n) is 5.95. The second-order valence-corrected chi connectivity index (χ2v) is 2.10. The highest BCUT2D eigenvalue weighted by Gasteiger charge is 1.97. The van der Waals surface area contributed by atoms with Gasteiger partial charge in [0.2, 0.25) is 5.70 Å². The molecular formula is C6H7ClN2O2. The van der Waals surface area contributed by atoms with Crippen molar-refractivity contribution in [1.29, 1.82) is 0 Å². The molecule has 0 N–H and O–H groups in total. The van der Waals surface area contributed by atoms with Gasteiger partial charge in [0.05, 0.1) is 4.92 Å². The Hall–Kier alpha value is -1.16. The Kier molecular flexibility index (Phi) is 4.14. The highest BCUT2D eigenvalue weighted by atomic mass is 35.5. The lowest BCUT2D eigenvalue weighted by molar-refractivity contribution is -0.424. The Labute approximate surface area is 69.0 Å². The van der Waals surface area contributed by atoms with Crippen LogP contribution < -0.4 is 0 Å². The summed E-state index contributed by atoms with van der Waals surface area (Å²) in [7, 11) is 0. The summed E-state index contributed by atoms with van der Waals surface area (Å²) >= 11 is 5.38. The molecule has 0 saturated carbocycles. The van der Waals surface area contributed by atoms with Crippen LogP contribution in [0.25, 0.3) is 0 Å². The monoisotopic (exact) mass is 174 g/mol. The molecule has 0 radical (unpaired) electrons. The van der Waals surface area contributed by atoms with Crippen LogP contribution in [-0.4, -0.2) is 11.6 Å². The average molecular weight is 175 g/mol. The molecule has 0 rings (SSSR count). The summed E-state index contributed by atoms with van der Waals surface area (Å²) in [5.41, 5.74) is 0.00630. The number of hydrogen-bond donors (Lipinski definition) is 0. The number of hydrogen-bond acceptors (Lipinski definition) is 3. The minimum Gasteiger partial charge on any atom is -0.259 e. The number of nitrogens with zero attached hydrogens (tertiary/aromatic N) is 2. The van der Waals surface area contributed by atoms with Gasteiger partial charge in [-0.25, -0.2) is 0 Å². The quantitative estimate of drug-likeness (QED) is 0.216. The molecular weight excluding hydrogens is 168 g/mol. The maximum Gasteiger partial charge on any atom is 0.243 e. The van der Waals surface area contributed by atoms with Crippen LogP contribution in [0.4, 0.5) is 0 Å². The molecule has 0 unspecified atom stereocenters. The third-order valence-electron chi connectivity index (χ3n) is 0.901. The Morgan fingerprint density at radius 1 is 1.73 bits per heavy atom. The molecule has 0 aliphatic carbocycles. The lowest BCUT2D eigenvalue weighted by Crippen LogP contribution is -1.91. The van der Waals surface area contributed by atoms with Crippen molar-refractivity contribution >= 4 is 18.3 Å². The van der Waals surface area contributed by atoms with Gasteiger partial charge in [0.1, 0.15) is 5.16 Å². The van der Waals surface area contributed by atoms with E-state index in [1.54, 1.807) is 0 Å². The molecule has 0 saturated heterocycles. The molecule has 0 atom stereocenters. The predicted molar refractivity (Wildman–Crippen MR) is 44.2 cm³/mol. The maximum absolute atomic E-state index is 10.0. The van der Waals surface area contributed by atoms with Crippen LogP contribution in [0.5, 0.6) is 0 Å². The molecule has 0 aliphatic rings. The van der Waals surface area contributed by atoms with Gasteiger partial charge in [0.25, 0.3) is 0 Å². The van der Waals surface area contributed by atoms with E-state index in [1.807, 2.05) is 0 Å². The molecule has 4 nitrogen and oxygen atoms in total. The smallest absolute Gasteiger partial charge is 0.243 e. The Morgan fingerprint density at radius 3 is 2.64 bits per heavy atom. The van der Waals surface area contributed by atoms with E-state index in [1.165, 1.54) is 19.1 Å². The van der Waals surface area contributed by atoms with Crippen LogP contribution in [-0.2, 0) is 0 Å². The van der Waals surface area contributed by atoms with Gasteiger partial charge in [-0.2, -0.15) is 0 Å². The number of rotatable bonds is 3. The molecule has 60 valence electrons. The first-order chi connectivity index (χ1) is 5.07. The van der Waals surface area contributed by atoms with E-state index >= 15 is 0 Å². The lowest BCUT2D eigenvalue weighted by Gasteiger charge is -1.85. The van der Waals surface area contributed by atoms with E-state index in [4.69, 9.17) is 11.6 Å². The molecule has 0 amide bonds. The summed E-state index contributed by atoms with van der Waals surface area (Å²) in [5.74, 6) is 0. The van der Waals surface area contributed by atoms with Crippen molar-refractivity contribution in [2.24, 2.45) is 4.99 Å². The van der Waals surface area contributed by atoms with E-state index in [2.05, 4.69) is 11.7 Å². The summed E-state index contributed by atoms with van der Waals surface area (Å²) in [6.07, 6.45) is 2.57. The molecule has 0 heterocycles. The van der Waals surface area contributed by atoms with Crippen molar-refractivity contribution in [3.63, 3.8) is 0 Å². The molecule has 0 aliphatic heterocycles. The molecule has 0 aromatic rings. The van der Waals surface area contributed by atoms with Gasteiger partial charge in [-0.15, -0.1) is 0 Å². The minimum absolute atomic E-state index is 0.00630. The molecule has 0 bridgehead atoms. The molecule has 5 heteroatoms.